The number of aliphatic hydroxyl groups is 2. The number of aromatic nitrogens is 2. The Labute approximate surface area is 221 Å². The number of rotatable bonds is 8. The standard InChI is InChI=1S/C16H11N2.C14H20O2.Ir/c1-3-7-13(8-4-1)15-11-16(18-12-17-15)14-9-5-2-6-10-14;1-3-12-4-6-13(7-5-12)8-9-14(16)10-11(2)15;/h1-9,11-12H;3-7,11,14-16H,1,8-10H2,2H3;/q-1;;. The van der Waals surface area contributed by atoms with Gasteiger partial charge in [0.25, 0.3) is 0 Å². The molecule has 0 bridgehead atoms. The van der Waals surface area contributed by atoms with Gasteiger partial charge in [-0.25, -0.2) is 4.98 Å². The molecule has 1 radical (unpaired) electrons. The molecule has 5 heteroatoms. The SMILES string of the molecule is C=Cc1ccc(CCC(O)CC(C)O)cc1.[Ir].[c-]1ccccc1-c1cc(-c2ccccc2)ncn1. The molecule has 3 aromatic carbocycles. The predicted octanol–water partition coefficient (Wildman–Crippen LogP) is 6.00. The third-order valence-electron chi connectivity index (χ3n) is 5.32. The van der Waals surface area contributed by atoms with Crippen molar-refractivity contribution in [2.24, 2.45) is 0 Å². The number of benzene rings is 3. The average Bonchev–Trinajstić information content (AvgIpc) is 2.89. The first kappa shape index (κ1) is 28.3. The van der Waals surface area contributed by atoms with Crippen molar-refractivity contribution in [1.29, 1.82) is 0 Å². The quantitative estimate of drug-likeness (QED) is 0.231. The largest absolute Gasteiger partial charge is 0.393 e. The monoisotopic (exact) mass is 644 g/mol. The minimum atomic E-state index is -0.432. The number of aryl methyl sites for hydroxylation is 1. The molecule has 4 rings (SSSR count). The molecule has 1 aromatic heterocycles. The van der Waals surface area contributed by atoms with Crippen LogP contribution in [0.15, 0.2) is 97.8 Å². The predicted molar refractivity (Wildman–Crippen MR) is 139 cm³/mol. The van der Waals surface area contributed by atoms with E-state index >= 15 is 0 Å². The molecule has 183 valence electrons. The summed E-state index contributed by atoms with van der Waals surface area (Å²) >= 11 is 0. The number of nitrogens with zero attached hydrogens (tertiary/aromatic N) is 2. The Bertz CT molecular complexity index is 1080. The van der Waals surface area contributed by atoms with Crippen molar-refractivity contribution in [2.75, 3.05) is 0 Å². The van der Waals surface area contributed by atoms with Gasteiger partial charge < -0.3 is 10.2 Å². The normalized spacial score (nSPS) is 11.9. The number of aliphatic hydroxyl groups excluding tert-OH is 2. The van der Waals surface area contributed by atoms with E-state index in [2.05, 4.69) is 22.6 Å². The van der Waals surface area contributed by atoms with E-state index in [1.807, 2.05) is 91.0 Å². The van der Waals surface area contributed by atoms with Gasteiger partial charge in [-0.3, -0.25) is 4.98 Å². The van der Waals surface area contributed by atoms with Gasteiger partial charge in [0.1, 0.15) is 6.33 Å². The van der Waals surface area contributed by atoms with Crippen LogP contribution in [0.4, 0.5) is 0 Å². The minimum absolute atomic E-state index is 0. The van der Waals surface area contributed by atoms with Gasteiger partial charge in [0.2, 0.25) is 0 Å². The molecule has 4 nitrogen and oxygen atoms in total. The first-order valence-electron chi connectivity index (χ1n) is 11.5. The van der Waals surface area contributed by atoms with Crippen LogP contribution in [0.3, 0.4) is 0 Å². The zero-order valence-corrected chi connectivity index (χ0v) is 22.2. The second-order valence-corrected chi connectivity index (χ2v) is 8.15. The van der Waals surface area contributed by atoms with E-state index in [1.54, 1.807) is 13.3 Å². The van der Waals surface area contributed by atoms with Crippen LogP contribution in [-0.2, 0) is 26.5 Å². The molecular formula is C30H31IrN2O2-. The summed E-state index contributed by atoms with van der Waals surface area (Å²) in [5, 5.41) is 18.7. The molecule has 2 unspecified atom stereocenters. The van der Waals surface area contributed by atoms with Gasteiger partial charge in [-0.2, -0.15) is 0 Å². The number of hydrogen-bond acceptors (Lipinski definition) is 4. The molecule has 2 N–H and O–H groups in total. The van der Waals surface area contributed by atoms with Gasteiger partial charge in [-0.1, -0.05) is 73.3 Å². The molecule has 0 aliphatic rings. The fraction of sp³-hybridized carbons (Fsp3) is 0.200. The van der Waals surface area contributed by atoms with Crippen molar-refractivity contribution in [1.82, 2.24) is 9.97 Å². The molecule has 0 fully saturated rings. The van der Waals surface area contributed by atoms with Gasteiger partial charge >= 0.3 is 0 Å². The van der Waals surface area contributed by atoms with E-state index in [0.29, 0.717) is 12.8 Å². The summed E-state index contributed by atoms with van der Waals surface area (Å²) in [5.41, 5.74) is 6.21. The van der Waals surface area contributed by atoms with Crippen LogP contribution in [0.5, 0.6) is 0 Å². The molecule has 0 saturated carbocycles. The molecule has 4 aromatic rings. The molecule has 0 amide bonds. The van der Waals surface area contributed by atoms with Crippen molar-refractivity contribution >= 4 is 6.08 Å². The van der Waals surface area contributed by atoms with Crippen molar-refractivity contribution in [3.8, 4) is 22.5 Å². The maximum atomic E-state index is 9.61. The summed E-state index contributed by atoms with van der Waals surface area (Å²) < 4.78 is 0. The van der Waals surface area contributed by atoms with E-state index in [-0.39, 0.29) is 20.1 Å². The third kappa shape index (κ3) is 9.67. The van der Waals surface area contributed by atoms with E-state index in [4.69, 9.17) is 5.11 Å². The Balaban J connectivity index is 0.000000242. The molecule has 1 heterocycles. The summed E-state index contributed by atoms with van der Waals surface area (Å²) in [6, 6.07) is 31.2. The van der Waals surface area contributed by atoms with Crippen LogP contribution in [-0.4, -0.2) is 32.4 Å². The van der Waals surface area contributed by atoms with E-state index < -0.39 is 12.2 Å². The van der Waals surface area contributed by atoms with Crippen LogP contribution in [0.1, 0.15) is 30.9 Å². The zero-order chi connectivity index (χ0) is 24.2. The Morgan fingerprint density at radius 3 is 2.23 bits per heavy atom. The first-order chi connectivity index (χ1) is 16.5. The van der Waals surface area contributed by atoms with E-state index in [1.165, 1.54) is 5.56 Å². The minimum Gasteiger partial charge on any atom is -0.393 e. The van der Waals surface area contributed by atoms with Gasteiger partial charge in [-0.05, 0) is 48.6 Å². The van der Waals surface area contributed by atoms with Crippen LogP contribution in [0.2, 0.25) is 0 Å². The van der Waals surface area contributed by atoms with Crippen molar-refractivity contribution in [2.45, 2.75) is 38.4 Å². The second-order valence-electron chi connectivity index (χ2n) is 8.15. The Morgan fingerprint density at radius 2 is 1.60 bits per heavy atom. The molecule has 0 aliphatic carbocycles. The summed E-state index contributed by atoms with van der Waals surface area (Å²) in [6.45, 7) is 5.40. The number of hydrogen-bond donors (Lipinski definition) is 2. The smallest absolute Gasteiger partial charge is 0.106 e. The molecule has 0 saturated heterocycles. The van der Waals surface area contributed by atoms with Crippen LogP contribution in [0, 0.1) is 6.07 Å². The molecule has 35 heavy (non-hydrogen) atoms. The first-order valence-corrected chi connectivity index (χ1v) is 11.5. The summed E-state index contributed by atoms with van der Waals surface area (Å²) in [6.07, 6.45) is 4.54. The Morgan fingerprint density at radius 1 is 0.914 bits per heavy atom. The fourth-order valence-corrected chi connectivity index (χ4v) is 3.49. The molecule has 0 spiro atoms. The van der Waals surface area contributed by atoms with Gasteiger partial charge in [-0.15, -0.1) is 35.9 Å². The Kier molecular flexibility index (Phi) is 12.2. The van der Waals surface area contributed by atoms with E-state index in [0.717, 1.165) is 34.5 Å². The van der Waals surface area contributed by atoms with Gasteiger partial charge in [0, 0.05) is 20.1 Å². The van der Waals surface area contributed by atoms with Crippen molar-refractivity contribution < 1.29 is 30.3 Å². The molecule has 0 aliphatic heterocycles. The topological polar surface area (TPSA) is 66.2 Å². The van der Waals surface area contributed by atoms with Gasteiger partial charge in [0.05, 0.1) is 17.9 Å². The maximum absolute atomic E-state index is 9.61. The summed E-state index contributed by atoms with van der Waals surface area (Å²) in [5.74, 6) is 0. The summed E-state index contributed by atoms with van der Waals surface area (Å²) in [4.78, 5) is 8.60. The Hall–Kier alpha value is -2.95. The third-order valence-corrected chi connectivity index (χ3v) is 5.32. The average molecular weight is 644 g/mol. The van der Waals surface area contributed by atoms with Crippen molar-refractivity contribution in [3.63, 3.8) is 0 Å². The van der Waals surface area contributed by atoms with Crippen LogP contribution < -0.4 is 0 Å². The molecule has 2 atom stereocenters. The maximum Gasteiger partial charge on any atom is 0.106 e. The van der Waals surface area contributed by atoms with Gasteiger partial charge in [0.15, 0.2) is 0 Å². The zero-order valence-electron chi connectivity index (χ0n) is 19.8. The van der Waals surface area contributed by atoms with Crippen LogP contribution in [0.25, 0.3) is 28.6 Å². The summed E-state index contributed by atoms with van der Waals surface area (Å²) in [7, 11) is 0. The fourth-order valence-electron chi connectivity index (χ4n) is 3.49. The molecular weight excluding hydrogens is 613 g/mol. The van der Waals surface area contributed by atoms with Crippen LogP contribution >= 0.6 is 0 Å². The second kappa shape index (κ2) is 15.1. The van der Waals surface area contributed by atoms with Crippen molar-refractivity contribution in [3.05, 3.63) is 115 Å². The van der Waals surface area contributed by atoms with E-state index in [9.17, 15) is 5.11 Å².